The number of unbranched alkanes of at least 4 members (excludes halogenated alkanes) is 2. The van der Waals surface area contributed by atoms with Gasteiger partial charge in [0.1, 0.15) is 0 Å². The Morgan fingerprint density at radius 2 is 1.74 bits per heavy atom. The van der Waals surface area contributed by atoms with Crippen LogP contribution in [0.4, 0.5) is 0 Å². The van der Waals surface area contributed by atoms with Crippen molar-refractivity contribution in [1.82, 2.24) is 20.6 Å². The third-order valence-electron chi connectivity index (χ3n) is 12.1. The van der Waals surface area contributed by atoms with E-state index in [0.717, 1.165) is 56.2 Å². The van der Waals surface area contributed by atoms with E-state index in [4.69, 9.17) is 0 Å². The molecule has 0 saturated heterocycles. The molecular formula is C29H50N4O2. The second-order valence-corrected chi connectivity index (χ2v) is 13.5. The molecule has 0 aliphatic heterocycles. The molecule has 5 rings (SSSR count). The summed E-state index contributed by atoms with van der Waals surface area (Å²) in [5.74, 6) is 4.98. The van der Waals surface area contributed by atoms with Crippen molar-refractivity contribution in [2.24, 2.45) is 52.3 Å². The van der Waals surface area contributed by atoms with Crippen LogP contribution in [-0.2, 0) is 6.42 Å². The van der Waals surface area contributed by atoms with Crippen molar-refractivity contribution >= 4 is 0 Å². The molecule has 1 heterocycles. The smallest absolute Gasteiger partial charge is 0.174 e. The van der Waals surface area contributed by atoms with Crippen LogP contribution in [-0.4, -0.2) is 43.0 Å². The van der Waals surface area contributed by atoms with Gasteiger partial charge in [0.05, 0.1) is 12.2 Å². The Bertz CT molecular complexity index is 833. The molecule has 4 aliphatic carbocycles. The van der Waals surface area contributed by atoms with E-state index >= 15 is 0 Å². The summed E-state index contributed by atoms with van der Waals surface area (Å²) in [4.78, 5) is 0. The molecule has 4 aliphatic rings. The maximum Gasteiger partial charge on any atom is 0.174 e. The lowest BCUT2D eigenvalue weighted by molar-refractivity contribution is -0.203. The molecule has 11 atom stereocenters. The molecule has 6 nitrogen and oxygen atoms in total. The van der Waals surface area contributed by atoms with Gasteiger partial charge in [-0.3, -0.25) is 0 Å². The Morgan fingerprint density at radius 1 is 0.971 bits per heavy atom. The Labute approximate surface area is 212 Å². The SMILES string of the molecule is CC[C@@H]1C2C[C@H](O)CCC2(C)[C@H]2CCC3(C)C([C@H](C)CCCCCc4nn[nH]n4)CC[C@H]3C2[C@@H]1O. The van der Waals surface area contributed by atoms with Crippen molar-refractivity contribution in [3.05, 3.63) is 5.82 Å². The van der Waals surface area contributed by atoms with E-state index in [0.29, 0.717) is 40.4 Å². The summed E-state index contributed by atoms with van der Waals surface area (Å²) in [7, 11) is 0. The Morgan fingerprint density at radius 3 is 2.49 bits per heavy atom. The van der Waals surface area contributed by atoms with Crippen molar-refractivity contribution in [2.75, 3.05) is 0 Å². The highest BCUT2D eigenvalue weighted by molar-refractivity contribution is 5.13. The number of H-pyrrole nitrogens is 1. The number of aromatic amines is 1. The molecular weight excluding hydrogens is 436 g/mol. The molecule has 6 heteroatoms. The number of aromatic nitrogens is 4. The van der Waals surface area contributed by atoms with Crippen LogP contribution in [0.1, 0.15) is 111 Å². The van der Waals surface area contributed by atoms with Crippen LogP contribution in [0.15, 0.2) is 0 Å². The zero-order valence-corrected chi connectivity index (χ0v) is 22.6. The highest BCUT2D eigenvalue weighted by atomic mass is 16.3. The molecule has 198 valence electrons. The highest BCUT2D eigenvalue weighted by Crippen LogP contribution is 2.69. The number of nitrogens with one attached hydrogen (secondary N) is 1. The van der Waals surface area contributed by atoms with Gasteiger partial charge in [-0.05, 0) is 104 Å². The first-order valence-corrected chi connectivity index (χ1v) is 14.9. The number of hydrogen-bond acceptors (Lipinski definition) is 5. The first kappa shape index (κ1) is 25.6. The fourth-order valence-corrected chi connectivity index (χ4v) is 10.3. The molecule has 0 spiro atoms. The predicted octanol–water partition coefficient (Wildman–Crippen LogP) is 5.57. The molecule has 0 bridgehead atoms. The highest BCUT2D eigenvalue weighted by Gasteiger charge is 2.64. The average molecular weight is 487 g/mol. The first-order chi connectivity index (χ1) is 16.8. The molecule has 3 N–H and O–H groups in total. The molecule has 1 aromatic heterocycles. The zero-order valence-electron chi connectivity index (χ0n) is 22.6. The van der Waals surface area contributed by atoms with Gasteiger partial charge in [0.15, 0.2) is 5.82 Å². The van der Waals surface area contributed by atoms with Crippen LogP contribution in [0.2, 0.25) is 0 Å². The van der Waals surface area contributed by atoms with E-state index in [9.17, 15) is 10.2 Å². The number of fused-ring (bicyclic) bond motifs is 5. The van der Waals surface area contributed by atoms with Crippen LogP contribution in [0.5, 0.6) is 0 Å². The van der Waals surface area contributed by atoms with E-state index < -0.39 is 0 Å². The second-order valence-electron chi connectivity index (χ2n) is 13.5. The molecule has 1 aromatic rings. The van der Waals surface area contributed by atoms with Crippen LogP contribution >= 0.6 is 0 Å². The van der Waals surface area contributed by atoms with Gasteiger partial charge in [-0.2, -0.15) is 5.21 Å². The van der Waals surface area contributed by atoms with Gasteiger partial charge in [-0.15, -0.1) is 10.2 Å². The number of aryl methyl sites for hydroxylation is 1. The minimum absolute atomic E-state index is 0.163. The summed E-state index contributed by atoms with van der Waals surface area (Å²) in [5, 5.41) is 36.7. The lowest BCUT2D eigenvalue weighted by Gasteiger charge is -2.64. The third kappa shape index (κ3) is 4.39. The van der Waals surface area contributed by atoms with Crippen LogP contribution in [0.25, 0.3) is 0 Å². The fraction of sp³-hybridized carbons (Fsp3) is 0.966. The number of tetrazole rings is 1. The quantitative estimate of drug-likeness (QED) is 0.418. The first-order valence-electron chi connectivity index (χ1n) is 14.9. The molecule has 4 saturated carbocycles. The van der Waals surface area contributed by atoms with E-state index in [2.05, 4.69) is 48.3 Å². The van der Waals surface area contributed by atoms with Crippen molar-refractivity contribution in [2.45, 2.75) is 123 Å². The molecule has 5 unspecified atom stereocenters. The lowest BCUT2D eigenvalue weighted by atomic mass is 9.41. The summed E-state index contributed by atoms with van der Waals surface area (Å²) < 4.78 is 0. The van der Waals surface area contributed by atoms with Gasteiger partial charge < -0.3 is 10.2 Å². The van der Waals surface area contributed by atoms with E-state index in [1.807, 2.05) is 0 Å². The predicted molar refractivity (Wildman–Crippen MR) is 137 cm³/mol. The second kappa shape index (κ2) is 10.0. The Hall–Kier alpha value is -1.01. The minimum Gasteiger partial charge on any atom is -0.393 e. The van der Waals surface area contributed by atoms with Gasteiger partial charge in [0.2, 0.25) is 0 Å². The van der Waals surface area contributed by atoms with Crippen LogP contribution in [0.3, 0.4) is 0 Å². The summed E-state index contributed by atoms with van der Waals surface area (Å²) in [5.41, 5.74) is 0.676. The number of rotatable bonds is 8. The van der Waals surface area contributed by atoms with Crippen LogP contribution < -0.4 is 0 Å². The fourth-order valence-electron chi connectivity index (χ4n) is 10.3. The van der Waals surface area contributed by atoms with Crippen molar-refractivity contribution < 1.29 is 10.2 Å². The Kier molecular flexibility index (Phi) is 7.35. The van der Waals surface area contributed by atoms with Gasteiger partial charge in [0.25, 0.3) is 0 Å². The lowest BCUT2D eigenvalue weighted by Crippen LogP contribution is -2.62. The maximum atomic E-state index is 11.9. The normalized spacial score (nSPS) is 46.0. The van der Waals surface area contributed by atoms with Crippen molar-refractivity contribution in [3.63, 3.8) is 0 Å². The molecule has 0 amide bonds. The van der Waals surface area contributed by atoms with Crippen molar-refractivity contribution in [3.8, 4) is 0 Å². The topological polar surface area (TPSA) is 94.9 Å². The minimum atomic E-state index is -0.183. The number of hydrogen-bond donors (Lipinski definition) is 3. The molecule has 0 radical (unpaired) electrons. The van der Waals surface area contributed by atoms with E-state index in [-0.39, 0.29) is 12.2 Å². The Balaban J connectivity index is 1.25. The number of aliphatic hydroxyl groups is 2. The van der Waals surface area contributed by atoms with Crippen LogP contribution in [0, 0.1) is 52.3 Å². The van der Waals surface area contributed by atoms with E-state index in [1.165, 1.54) is 44.9 Å². The number of aliphatic hydroxyl groups excluding tert-OH is 2. The summed E-state index contributed by atoms with van der Waals surface area (Å²) in [6.45, 7) is 9.93. The standard InChI is InChI=1S/C29H50N4O2/c1-5-20-24-17-19(34)13-15-29(24,4)23-14-16-28(3)21(11-12-22(28)26(23)27(20)35)18(2)9-7-6-8-10-25-30-32-33-31-25/h18-24,26-27,34-35H,5-17H2,1-4H3,(H,30,31,32,33)/t18-,19-,20-,21?,22+,23+,24?,26?,27-,28?,29?/m1/s1. The van der Waals surface area contributed by atoms with E-state index in [1.54, 1.807) is 0 Å². The monoisotopic (exact) mass is 486 g/mol. The zero-order chi connectivity index (χ0) is 24.8. The summed E-state index contributed by atoms with van der Waals surface area (Å²) in [6, 6.07) is 0. The van der Waals surface area contributed by atoms with Gasteiger partial charge in [-0.1, -0.05) is 58.6 Å². The summed E-state index contributed by atoms with van der Waals surface area (Å²) >= 11 is 0. The molecule has 35 heavy (non-hydrogen) atoms. The maximum absolute atomic E-state index is 11.9. The molecule has 4 fully saturated rings. The average Bonchev–Trinajstić information content (AvgIpc) is 3.47. The largest absolute Gasteiger partial charge is 0.393 e. The van der Waals surface area contributed by atoms with Gasteiger partial charge in [-0.25, -0.2) is 0 Å². The van der Waals surface area contributed by atoms with Crippen molar-refractivity contribution in [1.29, 1.82) is 0 Å². The molecule has 0 aromatic carbocycles. The number of nitrogens with zero attached hydrogens (tertiary/aromatic N) is 3. The summed E-state index contributed by atoms with van der Waals surface area (Å²) in [6.07, 6.45) is 14.9. The van der Waals surface area contributed by atoms with Gasteiger partial charge >= 0.3 is 0 Å². The third-order valence-corrected chi connectivity index (χ3v) is 12.1. The van der Waals surface area contributed by atoms with Gasteiger partial charge in [0, 0.05) is 6.42 Å².